The smallest absolute Gasteiger partial charge is 0.114 e. The highest BCUT2D eigenvalue weighted by Gasteiger charge is 2.28. The third-order valence-electron chi connectivity index (χ3n) is 1.93. The molecule has 0 saturated carbocycles. The molecule has 1 fully saturated rings. The van der Waals surface area contributed by atoms with Gasteiger partial charge in [-0.2, -0.15) is 0 Å². The molecule has 0 radical (unpaired) electrons. The van der Waals surface area contributed by atoms with E-state index in [4.69, 9.17) is 5.90 Å². The molecule has 0 aromatic carbocycles. The Bertz CT molecular complexity index is 112. The topological polar surface area (TPSA) is 38.5 Å². The fraction of sp³-hybridized carbons (Fsp3) is 1.00. The summed E-state index contributed by atoms with van der Waals surface area (Å²) >= 11 is 0. The van der Waals surface area contributed by atoms with Crippen LogP contribution in [-0.2, 0) is 4.84 Å². The average molecular weight is 148 g/mol. The van der Waals surface area contributed by atoms with Crippen LogP contribution in [0.1, 0.15) is 6.42 Å². The lowest BCUT2D eigenvalue weighted by atomic mass is 10.2. The lowest BCUT2D eigenvalue weighted by Crippen LogP contribution is -2.30. The van der Waals surface area contributed by atoms with Crippen molar-refractivity contribution in [2.75, 3.05) is 20.2 Å². The first kappa shape index (κ1) is 7.91. The van der Waals surface area contributed by atoms with Crippen molar-refractivity contribution in [3.63, 3.8) is 0 Å². The summed E-state index contributed by atoms with van der Waals surface area (Å²) < 4.78 is 12.6. The highest BCUT2D eigenvalue weighted by atomic mass is 19.1. The van der Waals surface area contributed by atoms with E-state index in [0.29, 0.717) is 19.6 Å². The molecular weight excluding hydrogens is 135 g/mol. The summed E-state index contributed by atoms with van der Waals surface area (Å²) in [5.41, 5.74) is 0. The predicted molar refractivity (Wildman–Crippen MR) is 36.1 cm³/mol. The first-order valence-corrected chi connectivity index (χ1v) is 3.40. The fourth-order valence-electron chi connectivity index (χ4n) is 1.32. The number of nitrogens with two attached hydrogens (primary N) is 1. The Labute approximate surface area is 59.9 Å². The van der Waals surface area contributed by atoms with E-state index in [1.165, 1.54) is 0 Å². The molecule has 0 spiro atoms. The van der Waals surface area contributed by atoms with Gasteiger partial charge in [0.1, 0.15) is 6.17 Å². The summed E-state index contributed by atoms with van der Waals surface area (Å²) in [6, 6.07) is 0.167. The SMILES string of the molecule is CN1CC(F)CC1CON. The molecule has 60 valence electrons. The van der Waals surface area contributed by atoms with Gasteiger partial charge in [-0.25, -0.2) is 10.3 Å². The molecule has 2 N–H and O–H groups in total. The van der Waals surface area contributed by atoms with Gasteiger partial charge in [-0.1, -0.05) is 0 Å². The molecule has 2 unspecified atom stereocenters. The van der Waals surface area contributed by atoms with Crippen LogP contribution in [0.2, 0.25) is 0 Å². The number of likely N-dealkylation sites (tertiary alicyclic amines) is 1. The van der Waals surface area contributed by atoms with Crippen molar-refractivity contribution in [1.29, 1.82) is 0 Å². The van der Waals surface area contributed by atoms with Gasteiger partial charge in [-0.3, -0.25) is 4.90 Å². The van der Waals surface area contributed by atoms with Crippen LogP contribution in [0.5, 0.6) is 0 Å². The molecule has 2 atom stereocenters. The third-order valence-corrected chi connectivity index (χ3v) is 1.93. The second kappa shape index (κ2) is 3.27. The van der Waals surface area contributed by atoms with E-state index in [1.54, 1.807) is 0 Å². The van der Waals surface area contributed by atoms with Crippen LogP contribution in [-0.4, -0.2) is 37.3 Å². The van der Waals surface area contributed by atoms with Crippen molar-refractivity contribution < 1.29 is 9.23 Å². The number of nitrogens with zero attached hydrogens (tertiary/aromatic N) is 1. The number of hydrogen-bond acceptors (Lipinski definition) is 3. The summed E-state index contributed by atoms with van der Waals surface area (Å²) in [5, 5.41) is 0. The Morgan fingerprint density at radius 3 is 2.90 bits per heavy atom. The maximum absolute atomic E-state index is 12.6. The minimum Gasteiger partial charge on any atom is -0.303 e. The lowest BCUT2D eigenvalue weighted by Gasteiger charge is -2.16. The summed E-state index contributed by atoms with van der Waals surface area (Å²) in [4.78, 5) is 6.36. The number of hydrogen-bond donors (Lipinski definition) is 1. The summed E-state index contributed by atoms with van der Waals surface area (Å²) in [5.74, 6) is 4.87. The van der Waals surface area contributed by atoms with Gasteiger partial charge >= 0.3 is 0 Å². The lowest BCUT2D eigenvalue weighted by molar-refractivity contribution is 0.0869. The molecule has 1 aliphatic heterocycles. The van der Waals surface area contributed by atoms with Crippen LogP contribution in [0.15, 0.2) is 0 Å². The van der Waals surface area contributed by atoms with E-state index < -0.39 is 6.17 Å². The van der Waals surface area contributed by atoms with E-state index in [2.05, 4.69) is 4.84 Å². The molecule has 3 nitrogen and oxygen atoms in total. The van der Waals surface area contributed by atoms with E-state index >= 15 is 0 Å². The van der Waals surface area contributed by atoms with E-state index in [9.17, 15) is 4.39 Å². The zero-order valence-corrected chi connectivity index (χ0v) is 6.09. The third kappa shape index (κ3) is 1.65. The van der Waals surface area contributed by atoms with Gasteiger partial charge in [0.15, 0.2) is 0 Å². The van der Waals surface area contributed by atoms with Gasteiger partial charge in [0.25, 0.3) is 0 Å². The Hall–Kier alpha value is -0.190. The molecule has 1 heterocycles. The zero-order chi connectivity index (χ0) is 7.56. The highest BCUT2D eigenvalue weighted by molar-refractivity contribution is 4.82. The number of likely N-dealkylation sites (N-methyl/N-ethyl adjacent to an activating group) is 1. The molecule has 0 amide bonds. The van der Waals surface area contributed by atoms with Gasteiger partial charge in [-0.15, -0.1) is 0 Å². The zero-order valence-electron chi connectivity index (χ0n) is 6.09. The molecule has 0 aromatic rings. The van der Waals surface area contributed by atoms with Crippen LogP contribution < -0.4 is 5.90 Å². The Morgan fingerprint density at radius 2 is 2.50 bits per heavy atom. The quantitative estimate of drug-likeness (QED) is 0.557. The maximum Gasteiger partial charge on any atom is 0.114 e. The number of halogens is 1. The van der Waals surface area contributed by atoms with Crippen molar-refractivity contribution in [3.8, 4) is 0 Å². The van der Waals surface area contributed by atoms with Crippen LogP contribution in [0.25, 0.3) is 0 Å². The van der Waals surface area contributed by atoms with Crippen molar-refractivity contribution in [2.24, 2.45) is 5.90 Å². The molecule has 4 heteroatoms. The van der Waals surface area contributed by atoms with Crippen molar-refractivity contribution in [3.05, 3.63) is 0 Å². The van der Waals surface area contributed by atoms with Crippen LogP contribution in [0.3, 0.4) is 0 Å². The van der Waals surface area contributed by atoms with Gasteiger partial charge in [0.05, 0.1) is 6.61 Å². The largest absolute Gasteiger partial charge is 0.303 e. The average Bonchev–Trinajstić information content (AvgIpc) is 2.13. The minimum absolute atomic E-state index is 0.167. The molecule has 1 aliphatic rings. The highest BCUT2D eigenvalue weighted by Crippen LogP contribution is 2.17. The minimum atomic E-state index is -0.704. The van der Waals surface area contributed by atoms with Gasteiger partial charge in [0.2, 0.25) is 0 Å². The second-order valence-electron chi connectivity index (χ2n) is 2.76. The first-order valence-electron chi connectivity index (χ1n) is 3.40. The van der Waals surface area contributed by atoms with E-state index in [1.807, 2.05) is 11.9 Å². The molecule has 0 bridgehead atoms. The Kier molecular flexibility index (Phi) is 2.59. The monoisotopic (exact) mass is 148 g/mol. The number of rotatable bonds is 2. The molecule has 10 heavy (non-hydrogen) atoms. The normalized spacial score (nSPS) is 35.1. The molecule has 1 saturated heterocycles. The summed E-state index contributed by atoms with van der Waals surface area (Å²) in [6.45, 7) is 0.935. The summed E-state index contributed by atoms with van der Waals surface area (Å²) in [7, 11) is 1.88. The standard InChI is InChI=1S/C6H13FN2O/c1-9-3-5(7)2-6(9)4-10-8/h5-6H,2-4,8H2,1H3. The fourth-order valence-corrected chi connectivity index (χ4v) is 1.32. The Balaban J connectivity index is 2.31. The van der Waals surface area contributed by atoms with Crippen molar-refractivity contribution >= 4 is 0 Å². The van der Waals surface area contributed by atoms with Gasteiger partial charge < -0.3 is 4.84 Å². The molecular formula is C6H13FN2O. The Morgan fingerprint density at radius 1 is 1.80 bits per heavy atom. The van der Waals surface area contributed by atoms with E-state index in [-0.39, 0.29) is 6.04 Å². The molecule has 0 aromatic heterocycles. The van der Waals surface area contributed by atoms with E-state index in [0.717, 1.165) is 0 Å². The molecule has 0 aliphatic carbocycles. The van der Waals surface area contributed by atoms with Crippen LogP contribution >= 0.6 is 0 Å². The van der Waals surface area contributed by atoms with Gasteiger partial charge in [-0.05, 0) is 13.5 Å². The van der Waals surface area contributed by atoms with Crippen molar-refractivity contribution in [2.45, 2.75) is 18.6 Å². The molecule has 1 rings (SSSR count). The predicted octanol–water partition coefficient (Wildman–Crippen LogP) is -0.0811. The maximum atomic E-state index is 12.6. The van der Waals surface area contributed by atoms with Crippen molar-refractivity contribution in [1.82, 2.24) is 4.90 Å². The second-order valence-corrected chi connectivity index (χ2v) is 2.76. The number of alkyl halides is 1. The van der Waals surface area contributed by atoms with Crippen LogP contribution in [0.4, 0.5) is 4.39 Å². The summed E-state index contributed by atoms with van der Waals surface area (Å²) in [6.07, 6.45) is -0.154. The van der Waals surface area contributed by atoms with Crippen LogP contribution in [0, 0.1) is 0 Å². The van der Waals surface area contributed by atoms with Gasteiger partial charge in [0, 0.05) is 12.6 Å². The first-order chi connectivity index (χ1) is 4.74.